The summed E-state index contributed by atoms with van der Waals surface area (Å²) in [5, 5.41) is 8.08. The number of hydrogen-bond donors (Lipinski definition) is 0. The average molecular weight is 760 g/mol. The van der Waals surface area contributed by atoms with Crippen LogP contribution >= 0.6 is 11.8 Å². The predicted octanol–water partition coefficient (Wildman–Crippen LogP) is 13.4. The summed E-state index contributed by atoms with van der Waals surface area (Å²) < 4.78 is 11.2. The minimum absolute atomic E-state index is 0.596. The molecule has 0 atom stereocenters. The summed E-state index contributed by atoms with van der Waals surface area (Å²) in [7, 11) is 0. The molecule has 4 aromatic heterocycles. The average Bonchev–Trinajstić information content (AvgIpc) is 3.95. The van der Waals surface area contributed by atoms with Crippen LogP contribution in [0, 0.1) is 0 Å². The molecule has 0 radical (unpaired) electrons. The molecule has 7 heteroatoms. The van der Waals surface area contributed by atoms with Crippen molar-refractivity contribution in [1.29, 1.82) is 0 Å². The number of nitrogens with zero attached hydrogens (tertiary/aromatic N) is 5. The van der Waals surface area contributed by atoms with Crippen LogP contribution in [0.5, 0.6) is 0 Å². The SMILES string of the molecule is c1ccc2c(c1)Sc1cccc3c4c5ccccc5n(-c5ccc(-c6nc(-c7ccc8ccccc8c7)nc(-c7cccc8oc9ccccc9c78)n6)cc5)c4n-2c13. The van der Waals surface area contributed by atoms with Crippen molar-refractivity contribution in [3.8, 4) is 45.5 Å². The van der Waals surface area contributed by atoms with Gasteiger partial charge >= 0.3 is 0 Å². The monoisotopic (exact) mass is 759 g/mol. The summed E-state index contributed by atoms with van der Waals surface area (Å²) in [6, 6.07) is 61.8. The van der Waals surface area contributed by atoms with Gasteiger partial charge in [-0.2, -0.15) is 0 Å². The summed E-state index contributed by atoms with van der Waals surface area (Å²) in [6.45, 7) is 0. The van der Waals surface area contributed by atoms with Gasteiger partial charge in [0, 0.05) is 59.1 Å². The predicted molar refractivity (Wildman–Crippen MR) is 236 cm³/mol. The fourth-order valence-corrected chi connectivity index (χ4v) is 10.1. The smallest absolute Gasteiger partial charge is 0.164 e. The lowest BCUT2D eigenvalue weighted by molar-refractivity contribution is 0.669. The lowest BCUT2D eigenvalue weighted by atomic mass is 10.0. The molecule has 58 heavy (non-hydrogen) atoms. The van der Waals surface area contributed by atoms with Gasteiger partial charge in [0.25, 0.3) is 0 Å². The maximum absolute atomic E-state index is 6.29. The Morgan fingerprint density at radius 2 is 1.12 bits per heavy atom. The molecule has 270 valence electrons. The quantitative estimate of drug-likeness (QED) is 0.179. The molecule has 0 saturated heterocycles. The zero-order chi connectivity index (χ0) is 37.9. The second-order valence-corrected chi connectivity index (χ2v) is 15.9. The first-order valence-electron chi connectivity index (χ1n) is 19.4. The van der Waals surface area contributed by atoms with Crippen molar-refractivity contribution < 1.29 is 4.42 Å². The van der Waals surface area contributed by atoms with Gasteiger partial charge in [-0.3, -0.25) is 9.13 Å². The molecule has 1 aliphatic rings. The Labute approximate surface area is 335 Å². The van der Waals surface area contributed by atoms with Crippen LogP contribution in [0.1, 0.15) is 0 Å². The molecule has 0 saturated carbocycles. The molecule has 13 rings (SSSR count). The summed E-state index contributed by atoms with van der Waals surface area (Å²) in [6.07, 6.45) is 0. The van der Waals surface area contributed by atoms with E-state index in [1.54, 1.807) is 0 Å². The van der Waals surface area contributed by atoms with E-state index in [4.69, 9.17) is 19.4 Å². The third kappa shape index (κ3) is 4.53. The second kappa shape index (κ2) is 12.0. The van der Waals surface area contributed by atoms with E-state index < -0.39 is 0 Å². The third-order valence-electron chi connectivity index (χ3n) is 11.5. The van der Waals surface area contributed by atoms with Crippen molar-refractivity contribution in [3.63, 3.8) is 0 Å². The van der Waals surface area contributed by atoms with Crippen molar-refractivity contribution >= 4 is 77.3 Å². The van der Waals surface area contributed by atoms with E-state index in [9.17, 15) is 0 Å². The van der Waals surface area contributed by atoms with Gasteiger partial charge in [-0.25, -0.2) is 15.0 Å². The van der Waals surface area contributed by atoms with E-state index in [1.807, 2.05) is 42.1 Å². The van der Waals surface area contributed by atoms with Gasteiger partial charge in [0.1, 0.15) is 16.8 Å². The van der Waals surface area contributed by atoms with Crippen LogP contribution in [0.25, 0.3) is 111 Å². The lowest BCUT2D eigenvalue weighted by Crippen LogP contribution is -2.05. The first-order valence-corrected chi connectivity index (χ1v) is 20.2. The summed E-state index contributed by atoms with van der Waals surface area (Å²) in [4.78, 5) is 18.1. The van der Waals surface area contributed by atoms with Crippen molar-refractivity contribution in [2.45, 2.75) is 9.79 Å². The Morgan fingerprint density at radius 1 is 0.448 bits per heavy atom. The van der Waals surface area contributed by atoms with E-state index >= 15 is 0 Å². The van der Waals surface area contributed by atoms with E-state index in [1.165, 1.54) is 42.5 Å². The Hall–Kier alpha value is -7.48. The number of aromatic nitrogens is 5. The number of fused-ring (bicyclic) bond motifs is 11. The van der Waals surface area contributed by atoms with Gasteiger partial charge in [-0.05, 0) is 77.5 Å². The van der Waals surface area contributed by atoms with Gasteiger partial charge in [0.05, 0.1) is 16.7 Å². The molecule has 8 aromatic carbocycles. The normalized spacial score (nSPS) is 12.4. The topological polar surface area (TPSA) is 61.7 Å². The molecular weight excluding hydrogens is 731 g/mol. The molecule has 0 amide bonds. The largest absolute Gasteiger partial charge is 0.456 e. The zero-order valence-electron chi connectivity index (χ0n) is 30.8. The molecule has 6 nitrogen and oxygen atoms in total. The Balaban J connectivity index is 1.03. The Kier molecular flexibility index (Phi) is 6.56. The fraction of sp³-hybridized carbons (Fsp3) is 0. The highest BCUT2D eigenvalue weighted by atomic mass is 32.2. The van der Waals surface area contributed by atoms with Crippen LogP contribution in [-0.2, 0) is 0 Å². The van der Waals surface area contributed by atoms with E-state index in [0.29, 0.717) is 17.5 Å². The molecule has 0 N–H and O–H groups in total. The van der Waals surface area contributed by atoms with Gasteiger partial charge < -0.3 is 4.42 Å². The van der Waals surface area contributed by atoms with Gasteiger partial charge in [0.2, 0.25) is 0 Å². The number of para-hydroxylation sites is 4. The zero-order valence-corrected chi connectivity index (χ0v) is 31.6. The maximum atomic E-state index is 6.29. The standard InChI is InChI=1S/C51H29N5OS/c1-2-12-32-29-33(24-23-30(32)11-1)49-52-48(53-50(54-49)38-16-9-20-42-45(38)36-14-4-7-19-41(36)57-42)31-25-27-34(28-26-31)55-39-17-5-3-13-35(39)46-37-15-10-22-44-47(37)56(51(46)55)40-18-6-8-21-43(40)58-44/h1-29H. The summed E-state index contributed by atoms with van der Waals surface area (Å²) >= 11 is 1.85. The molecule has 0 fully saturated rings. The number of hydrogen-bond acceptors (Lipinski definition) is 5. The highest BCUT2D eigenvalue weighted by Gasteiger charge is 2.28. The second-order valence-electron chi connectivity index (χ2n) is 14.8. The van der Waals surface area contributed by atoms with Gasteiger partial charge in [0.15, 0.2) is 17.5 Å². The van der Waals surface area contributed by atoms with Crippen molar-refractivity contribution in [3.05, 3.63) is 176 Å². The number of furan rings is 1. The summed E-state index contributed by atoms with van der Waals surface area (Å²) in [5.74, 6) is 1.81. The molecule has 5 heterocycles. The van der Waals surface area contributed by atoms with Crippen LogP contribution < -0.4 is 0 Å². The van der Waals surface area contributed by atoms with Crippen molar-refractivity contribution in [2.24, 2.45) is 0 Å². The molecule has 0 spiro atoms. The minimum atomic E-state index is 0.596. The minimum Gasteiger partial charge on any atom is -0.456 e. The first kappa shape index (κ1) is 31.7. The number of benzene rings is 8. The lowest BCUT2D eigenvalue weighted by Gasteiger charge is -2.21. The fourth-order valence-electron chi connectivity index (χ4n) is 8.99. The number of rotatable bonds is 4. The van der Waals surface area contributed by atoms with E-state index in [0.717, 1.165) is 60.9 Å². The molecule has 1 aliphatic heterocycles. The van der Waals surface area contributed by atoms with E-state index in [-0.39, 0.29) is 0 Å². The van der Waals surface area contributed by atoms with Crippen LogP contribution in [0.3, 0.4) is 0 Å². The van der Waals surface area contributed by atoms with Crippen LogP contribution in [-0.4, -0.2) is 24.1 Å². The Bertz CT molecular complexity index is 3670. The Morgan fingerprint density at radius 3 is 2.03 bits per heavy atom. The van der Waals surface area contributed by atoms with Crippen LogP contribution in [0.15, 0.2) is 190 Å². The van der Waals surface area contributed by atoms with Gasteiger partial charge in [-0.15, -0.1) is 0 Å². The van der Waals surface area contributed by atoms with Crippen LogP contribution in [0.2, 0.25) is 0 Å². The van der Waals surface area contributed by atoms with Crippen molar-refractivity contribution in [2.75, 3.05) is 0 Å². The first-order chi connectivity index (χ1) is 28.7. The van der Waals surface area contributed by atoms with Gasteiger partial charge in [-0.1, -0.05) is 121 Å². The van der Waals surface area contributed by atoms with Crippen LogP contribution in [0.4, 0.5) is 0 Å². The van der Waals surface area contributed by atoms with E-state index in [2.05, 4.69) is 155 Å². The molecular formula is C51H29N5OS. The third-order valence-corrected chi connectivity index (χ3v) is 12.7. The van der Waals surface area contributed by atoms with Crippen molar-refractivity contribution in [1.82, 2.24) is 24.1 Å². The molecule has 0 unspecified atom stereocenters. The highest BCUT2D eigenvalue weighted by Crippen LogP contribution is 2.49. The maximum Gasteiger partial charge on any atom is 0.164 e. The summed E-state index contributed by atoms with van der Waals surface area (Å²) in [5.41, 5.74) is 10.2. The molecule has 0 bridgehead atoms. The highest BCUT2D eigenvalue weighted by molar-refractivity contribution is 7.99. The molecule has 12 aromatic rings. The molecule has 0 aliphatic carbocycles.